The highest BCUT2D eigenvalue weighted by molar-refractivity contribution is 5.26. The first-order valence-corrected chi connectivity index (χ1v) is 6.33. The largest absolute Gasteiger partial charge is 0.374 e. The van der Waals surface area contributed by atoms with Gasteiger partial charge in [-0.25, -0.2) is 4.98 Å². The zero-order valence-corrected chi connectivity index (χ0v) is 11.7. The summed E-state index contributed by atoms with van der Waals surface area (Å²) in [7, 11) is 0. The first-order valence-electron chi connectivity index (χ1n) is 6.33. The fraction of sp³-hybridized carbons (Fsp3) is 0.769. The topological polar surface area (TPSA) is 39.1 Å². The molecule has 0 fully saturated rings. The molecule has 0 bridgehead atoms. The average Bonchev–Trinajstić information content (AvgIpc) is 2.61. The Morgan fingerprint density at radius 1 is 1.47 bits per heavy atom. The smallest absolute Gasteiger partial charge is 0.202 e. The molecule has 1 N–H and O–H groups in total. The molecule has 1 aromatic rings. The van der Waals surface area contributed by atoms with Crippen molar-refractivity contribution in [3.05, 3.63) is 12.4 Å². The molecule has 0 atom stereocenters. The van der Waals surface area contributed by atoms with Crippen LogP contribution in [-0.4, -0.2) is 28.3 Å². The Kier molecular flexibility index (Phi) is 5.00. The summed E-state index contributed by atoms with van der Waals surface area (Å²) < 4.78 is 7.82. The van der Waals surface area contributed by atoms with E-state index in [1.54, 1.807) is 0 Å². The predicted octanol–water partition coefficient (Wildman–Crippen LogP) is 2.77. The second-order valence-corrected chi connectivity index (χ2v) is 5.35. The number of hydrogen-bond acceptors (Lipinski definition) is 3. The molecule has 0 unspecified atom stereocenters. The van der Waals surface area contributed by atoms with E-state index in [1.165, 1.54) is 0 Å². The average molecular weight is 239 g/mol. The van der Waals surface area contributed by atoms with Gasteiger partial charge in [-0.15, -0.1) is 0 Å². The number of anilines is 1. The van der Waals surface area contributed by atoms with E-state index in [-0.39, 0.29) is 5.60 Å². The van der Waals surface area contributed by atoms with Gasteiger partial charge in [0.2, 0.25) is 5.95 Å². The van der Waals surface area contributed by atoms with Gasteiger partial charge < -0.3 is 14.6 Å². The van der Waals surface area contributed by atoms with Gasteiger partial charge >= 0.3 is 0 Å². The Bertz CT molecular complexity index is 331. The second-order valence-electron chi connectivity index (χ2n) is 5.35. The van der Waals surface area contributed by atoms with Crippen molar-refractivity contribution in [1.29, 1.82) is 0 Å². The molecule has 0 spiro atoms. The van der Waals surface area contributed by atoms with Gasteiger partial charge in [0.15, 0.2) is 0 Å². The maximum absolute atomic E-state index is 5.71. The Balaban J connectivity index is 2.62. The van der Waals surface area contributed by atoms with Crippen molar-refractivity contribution >= 4 is 5.95 Å². The Morgan fingerprint density at radius 2 is 2.18 bits per heavy atom. The molecule has 4 heteroatoms. The van der Waals surface area contributed by atoms with Gasteiger partial charge in [-0.3, -0.25) is 0 Å². The van der Waals surface area contributed by atoms with Crippen molar-refractivity contribution in [3.8, 4) is 0 Å². The maximum Gasteiger partial charge on any atom is 0.202 e. The Morgan fingerprint density at radius 3 is 2.76 bits per heavy atom. The highest BCUT2D eigenvalue weighted by Crippen LogP contribution is 2.16. The molecule has 1 aromatic heterocycles. The van der Waals surface area contributed by atoms with Gasteiger partial charge in [0, 0.05) is 25.5 Å². The van der Waals surface area contributed by atoms with E-state index < -0.39 is 0 Å². The van der Waals surface area contributed by atoms with E-state index in [1.807, 2.05) is 19.3 Å². The van der Waals surface area contributed by atoms with E-state index in [0.717, 1.165) is 25.6 Å². The molecule has 98 valence electrons. The number of aromatic nitrogens is 2. The molecule has 1 rings (SSSR count). The van der Waals surface area contributed by atoms with E-state index >= 15 is 0 Å². The normalized spacial score (nSPS) is 12.1. The van der Waals surface area contributed by atoms with Crippen LogP contribution in [0.4, 0.5) is 5.95 Å². The van der Waals surface area contributed by atoms with Crippen LogP contribution in [0.5, 0.6) is 0 Å². The SMILES string of the molecule is CCOC(C)(C)Cn1ccnc1NCC(C)C. The maximum atomic E-state index is 5.71. The number of imidazole rings is 1. The van der Waals surface area contributed by atoms with E-state index in [4.69, 9.17) is 4.74 Å². The monoisotopic (exact) mass is 239 g/mol. The third kappa shape index (κ3) is 4.77. The highest BCUT2D eigenvalue weighted by Gasteiger charge is 2.19. The molecule has 4 nitrogen and oxygen atoms in total. The lowest BCUT2D eigenvalue weighted by Gasteiger charge is -2.26. The number of rotatable bonds is 7. The van der Waals surface area contributed by atoms with Crippen LogP contribution in [-0.2, 0) is 11.3 Å². The molecule has 17 heavy (non-hydrogen) atoms. The lowest BCUT2D eigenvalue weighted by Crippen LogP contribution is -2.31. The van der Waals surface area contributed by atoms with E-state index in [2.05, 4.69) is 42.6 Å². The molecule has 0 saturated heterocycles. The zero-order chi connectivity index (χ0) is 12.9. The van der Waals surface area contributed by atoms with Crippen molar-refractivity contribution in [2.75, 3.05) is 18.5 Å². The van der Waals surface area contributed by atoms with Crippen LogP contribution in [0.3, 0.4) is 0 Å². The highest BCUT2D eigenvalue weighted by atomic mass is 16.5. The van der Waals surface area contributed by atoms with Crippen molar-refractivity contribution < 1.29 is 4.74 Å². The third-order valence-electron chi connectivity index (χ3n) is 2.47. The molecule has 0 saturated carbocycles. The number of nitrogens with zero attached hydrogens (tertiary/aromatic N) is 2. The molecule has 0 aromatic carbocycles. The fourth-order valence-corrected chi connectivity index (χ4v) is 1.75. The summed E-state index contributed by atoms with van der Waals surface area (Å²) in [4.78, 5) is 4.33. The fourth-order valence-electron chi connectivity index (χ4n) is 1.75. The lowest BCUT2D eigenvalue weighted by molar-refractivity contribution is -0.0220. The summed E-state index contributed by atoms with van der Waals surface area (Å²) in [6, 6.07) is 0. The first kappa shape index (κ1) is 14.0. The van der Waals surface area contributed by atoms with Gasteiger partial charge in [0.1, 0.15) is 0 Å². The third-order valence-corrected chi connectivity index (χ3v) is 2.47. The molecule has 0 amide bonds. The molecule has 0 aliphatic rings. The van der Waals surface area contributed by atoms with Gasteiger partial charge in [-0.1, -0.05) is 13.8 Å². The molecule has 0 radical (unpaired) electrons. The van der Waals surface area contributed by atoms with Crippen molar-refractivity contribution in [2.24, 2.45) is 5.92 Å². The van der Waals surface area contributed by atoms with Gasteiger partial charge in [-0.2, -0.15) is 0 Å². The van der Waals surface area contributed by atoms with E-state index in [9.17, 15) is 0 Å². The van der Waals surface area contributed by atoms with Crippen LogP contribution >= 0.6 is 0 Å². The van der Waals surface area contributed by atoms with E-state index in [0.29, 0.717) is 5.92 Å². The van der Waals surface area contributed by atoms with Crippen molar-refractivity contribution in [2.45, 2.75) is 46.8 Å². The number of ether oxygens (including phenoxy) is 1. The second kappa shape index (κ2) is 6.05. The van der Waals surface area contributed by atoms with Gasteiger partial charge in [0.05, 0.1) is 12.1 Å². The molecular formula is C13H25N3O. The molecular weight excluding hydrogens is 214 g/mol. The molecule has 1 heterocycles. The summed E-state index contributed by atoms with van der Waals surface area (Å²) in [5.74, 6) is 1.53. The van der Waals surface area contributed by atoms with Crippen molar-refractivity contribution in [1.82, 2.24) is 9.55 Å². The number of hydrogen-bond donors (Lipinski definition) is 1. The van der Waals surface area contributed by atoms with Crippen molar-refractivity contribution in [3.63, 3.8) is 0 Å². The summed E-state index contributed by atoms with van der Waals surface area (Å²) in [5.41, 5.74) is -0.163. The summed E-state index contributed by atoms with van der Waals surface area (Å²) in [6.07, 6.45) is 3.81. The minimum absolute atomic E-state index is 0.163. The van der Waals surface area contributed by atoms with Crippen LogP contribution in [0.2, 0.25) is 0 Å². The standard InChI is InChI=1S/C13H25N3O/c1-6-17-13(4,5)10-16-8-7-14-12(16)15-9-11(2)3/h7-8,11H,6,9-10H2,1-5H3,(H,14,15). The number of nitrogens with one attached hydrogen (secondary N) is 1. The van der Waals surface area contributed by atoms with Crippen LogP contribution in [0.1, 0.15) is 34.6 Å². The summed E-state index contributed by atoms with van der Waals surface area (Å²) >= 11 is 0. The predicted molar refractivity (Wildman–Crippen MR) is 71.3 cm³/mol. The zero-order valence-electron chi connectivity index (χ0n) is 11.7. The van der Waals surface area contributed by atoms with Crippen LogP contribution in [0.25, 0.3) is 0 Å². The Labute approximate surface area is 104 Å². The van der Waals surface area contributed by atoms with Crippen LogP contribution in [0.15, 0.2) is 12.4 Å². The van der Waals surface area contributed by atoms with Crippen LogP contribution in [0, 0.1) is 5.92 Å². The summed E-state index contributed by atoms with van der Waals surface area (Å²) in [6.45, 7) is 13.1. The lowest BCUT2D eigenvalue weighted by atomic mass is 10.1. The minimum atomic E-state index is -0.163. The quantitative estimate of drug-likeness (QED) is 0.795. The molecule has 0 aliphatic carbocycles. The minimum Gasteiger partial charge on any atom is -0.374 e. The first-order chi connectivity index (χ1) is 7.94. The Hall–Kier alpha value is -1.03. The summed E-state index contributed by atoms with van der Waals surface area (Å²) in [5, 5.41) is 3.35. The van der Waals surface area contributed by atoms with Gasteiger partial charge in [-0.05, 0) is 26.7 Å². The molecule has 0 aliphatic heterocycles. The van der Waals surface area contributed by atoms with Crippen LogP contribution < -0.4 is 5.32 Å². The van der Waals surface area contributed by atoms with Gasteiger partial charge in [0.25, 0.3) is 0 Å².